The van der Waals surface area contributed by atoms with Crippen molar-refractivity contribution in [2.45, 2.75) is 19.4 Å². The number of hydrogen-bond donors (Lipinski definition) is 2. The van der Waals surface area contributed by atoms with Crippen molar-refractivity contribution in [2.75, 3.05) is 26.2 Å². The summed E-state index contributed by atoms with van der Waals surface area (Å²) >= 11 is 0. The molecule has 2 atom stereocenters. The van der Waals surface area contributed by atoms with E-state index in [0.717, 1.165) is 17.3 Å². The molecule has 0 saturated carbocycles. The molecule has 2 aliphatic rings. The monoisotopic (exact) mass is 380 g/mol. The Kier molecular flexibility index (Phi) is 3.65. The number of H-pyrrole nitrogens is 2. The molecule has 28 heavy (non-hydrogen) atoms. The Bertz CT molecular complexity index is 1160. The van der Waals surface area contributed by atoms with E-state index in [1.54, 1.807) is 20.6 Å². The molecule has 2 aliphatic heterocycles. The van der Waals surface area contributed by atoms with Crippen LogP contribution in [0.1, 0.15) is 19.4 Å². The molecule has 2 fully saturated rings. The summed E-state index contributed by atoms with van der Waals surface area (Å²) in [6.07, 6.45) is 2.58. The number of piperidine rings is 1. The number of aromatic nitrogens is 5. The van der Waals surface area contributed by atoms with Crippen molar-refractivity contribution >= 4 is 28.2 Å². The lowest BCUT2D eigenvalue weighted by molar-refractivity contribution is 0.0819. The molecule has 0 bridgehead atoms. The van der Waals surface area contributed by atoms with Crippen molar-refractivity contribution < 1.29 is 4.79 Å². The third-order valence-corrected chi connectivity index (χ3v) is 6.00. The predicted molar refractivity (Wildman–Crippen MR) is 100 cm³/mol. The average molecular weight is 380 g/mol. The van der Waals surface area contributed by atoms with Gasteiger partial charge in [-0.1, -0.05) is 6.92 Å². The topological polar surface area (TPSA) is 127 Å². The molecule has 0 aromatic carbocycles. The van der Waals surface area contributed by atoms with Crippen molar-refractivity contribution in [1.29, 1.82) is 5.26 Å². The lowest BCUT2D eigenvalue weighted by Crippen LogP contribution is -2.57. The number of fused-ring (bicyclic) bond motifs is 3. The van der Waals surface area contributed by atoms with Crippen molar-refractivity contribution in [2.24, 2.45) is 11.8 Å². The quantitative estimate of drug-likeness (QED) is 0.653. The second-order valence-corrected chi connectivity index (χ2v) is 7.73. The number of imidazole rings is 1. The van der Waals surface area contributed by atoms with Crippen LogP contribution in [-0.2, 0) is 0 Å². The number of nitrogens with one attached hydrogen (secondary N) is 2. The molecule has 5 heterocycles. The summed E-state index contributed by atoms with van der Waals surface area (Å²) in [5, 5.41) is 18.0. The number of amides is 2. The van der Waals surface area contributed by atoms with Crippen molar-refractivity contribution in [3.8, 4) is 6.07 Å². The molecule has 2 saturated heterocycles. The van der Waals surface area contributed by atoms with Gasteiger partial charge in [-0.05, 0) is 18.4 Å². The smallest absolute Gasteiger partial charge is 0.328 e. The van der Waals surface area contributed by atoms with Crippen LogP contribution in [0.4, 0.5) is 4.79 Å². The summed E-state index contributed by atoms with van der Waals surface area (Å²) in [6.45, 7) is 4.18. The molecular formula is C18H20N8O2. The molecule has 5 rings (SSSR count). The van der Waals surface area contributed by atoms with E-state index in [1.165, 1.54) is 0 Å². The van der Waals surface area contributed by atoms with E-state index >= 15 is 0 Å². The zero-order valence-corrected chi connectivity index (χ0v) is 15.4. The molecule has 144 valence electrons. The molecule has 0 aliphatic carbocycles. The minimum Gasteiger partial charge on any atom is -0.345 e. The molecular weight excluding hydrogens is 360 g/mol. The lowest BCUT2D eigenvalue weighted by atomic mass is 9.93. The second-order valence-electron chi connectivity index (χ2n) is 7.73. The van der Waals surface area contributed by atoms with Crippen LogP contribution in [0.3, 0.4) is 0 Å². The lowest BCUT2D eigenvalue weighted by Gasteiger charge is -2.43. The Morgan fingerprint density at radius 2 is 2.04 bits per heavy atom. The third-order valence-electron chi connectivity index (χ3n) is 6.00. The van der Waals surface area contributed by atoms with Crippen LogP contribution in [-0.4, -0.2) is 66.7 Å². The van der Waals surface area contributed by atoms with Gasteiger partial charge >= 0.3 is 11.7 Å². The predicted octanol–water partition coefficient (Wildman–Crippen LogP) is 1.06. The van der Waals surface area contributed by atoms with Gasteiger partial charge in [-0.25, -0.2) is 9.59 Å². The average Bonchev–Trinajstić information content (AvgIpc) is 3.24. The molecule has 0 radical (unpaired) electrons. The van der Waals surface area contributed by atoms with Crippen LogP contribution in [0.2, 0.25) is 0 Å². The van der Waals surface area contributed by atoms with Crippen molar-refractivity contribution in [3.63, 3.8) is 0 Å². The van der Waals surface area contributed by atoms with E-state index in [4.69, 9.17) is 5.26 Å². The highest BCUT2D eigenvalue weighted by Gasteiger charge is 2.38. The van der Waals surface area contributed by atoms with Gasteiger partial charge in [0.15, 0.2) is 11.3 Å². The standard InChI is InChI=1S/C18H20N8O2/c1-10-3-5-24(18(28)25-7-11(6-19)8-25)9-13(10)26-14-12-2-4-20-15(12)22-23-16(14)21-17(26)27/h2,4,10-11,13H,3,5,7-9H2,1H3,(H,20,22)(H,21,23,27)/t10-,13?/m1/s1. The van der Waals surface area contributed by atoms with Gasteiger partial charge < -0.3 is 14.8 Å². The van der Waals surface area contributed by atoms with Gasteiger partial charge in [0.05, 0.1) is 18.0 Å². The Balaban J connectivity index is 1.51. The zero-order valence-electron chi connectivity index (χ0n) is 15.4. The maximum atomic E-state index is 12.8. The molecule has 10 nitrogen and oxygen atoms in total. The minimum absolute atomic E-state index is 0.0529. The van der Waals surface area contributed by atoms with E-state index in [1.807, 2.05) is 6.07 Å². The fourth-order valence-electron chi connectivity index (χ4n) is 4.29. The Morgan fingerprint density at radius 3 is 2.82 bits per heavy atom. The number of rotatable bonds is 1. The van der Waals surface area contributed by atoms with Crippen molar-refractivity contribution in [1.82, 2.24) is 34.5 Å². The SMILES string of the molecule is C[C@@H]1CCN(C(=O)N2CC(C#N)C2)CC1n1c(=O)[nH]c2nnc3[nH]ccc3c21. The van der Waals surface area contributed by atoms with Gasteiger partial charge in [0.1, 0.15) is 5.52 Å². The number of urea groups is 1. The highest BCUT2D eigenvalue weighted by atomic mass is 16.2. The Hall–Kier alpha value is -3.35. The molecule has 1 unspecified atom stereocenters. The number of nitriles is 1. The van der Waals surface area contributed by atoms with Crippen LogP contribution < -0.4 is 5.69 Å². The van der Waals surface area contributed by atoms with Crippen LogP contribution in [0.25, 0.3) is 22.2 Å². The summed E-state index contributed by atoms with van der Waals surface area (Å²) in [7, 11) is 0. The van der Waals surface area contributed by atoms with E-state index in [0.29, 0.717) is 37.5 Å². The van der Waals surface area contributed by atoms with Crippen LogP contribution in [0.15, 0.2) is 17.1 Å². The van der Waals surface area contributed by atoms with Crippen molar-refractivity contribution in [3.05, 3.63) is 22.7 Å². The third kappa shape index (κ3) is 2.39. The minimum atomic E-state index is -0.238. The summed E-state index contributed by atoms with van der Waals surface area (Å²) < 4.78 is 1.73. The summed E-state index contributed by atoms with van der Waals surface area (Å²) in [4.78, 5) is 34.9. The number of nitrogens with zero attached hydrogens (tertiary/aromatic N) is 6. The van der Waals surface area contributed by atoms with E-state index in [2.05, 4.69) is 33.2 Å². The van der Waals surface area contributed by atoms with Gasteiger partial charge in [-0.15, -0.1) is 10.2 Å². The molecule has 10 heteroatoms. The first-order chi connectivity index (χ1) is 13.6. The zero-order chi connectivity index (χ0) is 19.4. The first-order valence-corrected chi connectivity index (χ1v) is 9.44. The molecule has 2 amide bonds. The molecule has 0 spiro atoms. The Labute approximate surface area is 159 Å². The largest absolute Gasteiger partial charge is 0.345 e. The number of carbonyl (C=O) groups excluding carboxylic acids is 1. The maximum absolute atomic E-state index is 12.8. The first kappa shape index (κ1) is 16.8. The highest BCUT2D eigenvalue weighted by molar-refractivity contribution is 5.99. The summed E-state index contributed by atoms with van der Waals surface area (Å²) in [5.41, 5.74) is 1.56. The van der Waals surface area contributed by atoms with Gasteiger partial charge in [-0.2, -0.15) is 5.26 Å². The number of aromatic amines is 2. The van der Waals surface area contributed by atoms with Crippen LogP contribution in [0, 0.1) is 23.2 Å². The fourth-order valence-corrected chi connectivity index (χ4v) is 4.29. The first-order valence-electron chi connectivity index (χ1n) is 9.44. The fraction of sp³-hybridized carbons (Fsp3) is 0.500. The molecule has 2 N–H and O–H groups in total. The van der Waals surface area contributed by atoms with Gasteiger partial charge in [-0.3, -0.25) is 9.55 Å². The highest BCUT2D eigenvalue weighted by Crippen LogP contribution is 2.32. The molecule has 3 aromatic rings. The normalized spacial score (nSPS) is 23.1. The Morgan fingerprint density at radius 1 is 1.25 bits per heavy atom. The molecule has 3 aromatic heterocycles. The van der Waals surface area contributed by atoms with Crippen LogP contribution >= 0.6 is 0 Å². The van der Waals surface area contributed by atoms with Gasteiger partial charge in [0.2, 0.25) is 0 Å². The van der Waals surface area contributed by atoms with Gasteiger partial charge in [0.25, 0.3) is 0 Å². The van der Waals surface area contributed by atoms with E-state index in [9.17, 15) is 9.59 Å². The number of carbonyl (C=O) groups is 1. The maximum Gasteiger partial charge on any atom is 0.328 e. The summed E-state index contributed by atoms with van der Waals surface area (Å²) in [6, 6.07) is 3.86. The van der Waals surface area contributed by atoms with Gasteiger partial charge in [0, 0.05) is 37.8 Å². The number of hydrogen-bond acceptors (Lipinski definition) is 5. The van der Waals surface area contributed by atoms with E-state index < -0.39 is 0 Å². The van der Waals surface area contributed by atoms with Crippen LogP contribution in [0.5, 0.6) is 0 Å². The summed E-state index contributed by atoms with van der Waals surface area (Å²) in [5.74, 6) is 0.159. The second kappa shape index (κ2) is 6.09. The van der Waals surface area contributed by atoms with E-state index in [-0.39, 0.29) is 29.6 Å². The number of likely N-dealkylation sites (tertiary alicyclic amines) is 2.